The molecule has 1 aromatic rings. The summed E-state index contributed by atoms with van der Waals surface area (Å²) >= 11 is 3.14. The molecule has 0 aliphatic carbocycles. The molecule has 0 fully saturated rings. The van der Waals surface area contributed by atoms with E-state index < -0.39 is 5.60 Å². The molecule has 1 unspecified atom stereocenters. The summed E-state index contributed by atoms with van der Waals surface area (Å²) in [6, 6.07) is 3.16. The first kappa shape index (κ1) is 14.5. The topological polar surface area (TPSA) is 32.3 Å². The van der Waals surface area contributed by atoms with E-state index in [2.05, 4.69) is 21.2 Å². The Kier molecular flexibility index (Phi) is 4.55. The molecule has 0 saturated carbocycles. The molecule has 0 heterocycles. The SMILES string of the molecule is Cc1cc(Br)c(F)cc1NCC(C)(O)C(C)C. The van der Waals surface area contributed by atoms with Crippen LogP contribution in [0.4, 0.5) is 10.1 Å². The van der Waals surface area contributed by atoms with Crippen molar-refractivity contribution in [2.75, 3.05) is 11.9 Å². The average Bonchev–Trinajstić information content (AvgIpc) is 2.21. The van der Waals surface area contributed by atoms with Crippen LogP contribution in [-0.4, -0.2) is 17.3 Å². The maximum Gasteiger partial charge on any atom is 0.139 e. The van der Waals surface area contributed by atoms with E-state index >= 15 is 0 Å². The molecule has 0 radical (unpaired) electrons. The van der Waals surface area contributed by atoms with Crippen LogP contribution >= 0.6 is 15.9 Å². The number of hydrogen-bond acceptors (Lipinski definition) is 2. The summed E-state index contributed by atoms with van der Waals surface area (Å²) in [7, 11) is 0. The number of hydrogen-bond donors (Lipinski definition) is 2. The van der Waals surface area contributed by atoms with Crippen molar-refractivity contribution in [1.29, 1.82) is 0 Å². The first-order chi connectivity index (χ1) is 7.74. The van der Waals surface area contributed by atoms with E-state index in [-0.39, 0.29) is 11.7 Å². The van der Waals surface area contributed by atoms with Crippen molar-refractivity contribution in [3.63, 3.8) is 0 Å². The molecule has 2 nitrogen and oxygen atoms in total. The molecule has 1 aromatic carbocycles. The standard InChI is InChI=1S/C13H19BrFNO/c1-8(2)13(4,17)7-16-12-6-11(15)10(14)5-9(12)3/h5-6,8,16-17H,7H2,1-4H3. The van der Waals surface area contributed by atoms with E-state index in [1.165, 1.54) is 6.07 Å². The molecule has 0 aromatic heterocycles. The fourth-order valence-corrected chi connectivity index (χ4v) is 1.77. The predicted octanol–water partition coefficient (Wildman–Crippen LogP) is 3.72. The van der Waals surface area contributed by atoms with Crippen LogP contribution < -0.4 is 5.32 Å². The lowest BCUT2D eigenvalue weighted by atomic mass is 9.92. The molecule has 0 spiro atoms. The fraction of sp³-hybridized carbons (Fsp3) is 0.538. The van der Waals surface area contributed by atoms with Crippen LogP contribution in [0.5, 0.6) is 0 Å². The third kappa shape index (κ3) is 3.68. The lowest BCUT2D eigenvalue weighted by Crippen LogP contribution is -2.38. The molecule has 0 bridgehead atoms. The third-order valence-corrected chi connectivity index (χ3v) is 3.76. The van der Waals surface area contributed by atoms with E-state index in [1.807, 2.05) is 20.8 Å². The summed E-state index contributed by atoms with van der Waals surface area (Å²) in [6.07, 6.45) is 0. The summed E-state index contributed by atoms with van der Waals surface area (Å²) in [4.78, 5) is 0. The molecule has 0 saturated heterocycles. The number of nitrogens with one attached hydrogen (secondary N) is 1. The Balaban J connectivity index is 2.80. The van der Waals surface area contributed by atoms with Crippen LogP contribution in [0, 0.1) is 18.7 Å². The minimum atomic E-state index is -0.810. The number of halogens is 2. The first-order valence-corrected chi connectivity index (χ1v) is 6.45. The van der Waals surface area contributed by atoms with Crippen LogP contribution in [0.15, 0.2) is 16.6 Å². The molecular weight excluding hydrogens is 285 g/mol. The van der Waals surface area contributed by atoms with Crippen LogP contribution in [0.25, 0.3) is 0 Å². The Hall–Kier alpha value is -0.610. The normalized spacial score (nSPS) is 14.8. The van der Waals surface area contributed by atoms with Gasteiger partial charge in [-0.05, 0) is 53.4 Å². The second-order valence-corrected chi connectivity index (χ2v) is 5.80. The van der Waals surface area contributed by atoms with Gasteiger partial charge in [0.05, 0.1) is 10.1 Å². The maximum atomic E-state index is 13.4. The monoisotopic (exact) mass is 303 g/mol. The van der Waals surface area contributed by atoms with Crippen molar-refractivity contribution >= 4 is 21.6 Å². The zero-order chi connectivity index (χ0) is 13.2. The minimum Gasteiger partial charge on any atom is -0.388 e. The molecule has 17 heavy (non-hydrogen) atoms. The highest BCUT2D eigenvalue weighted by Crippen LogP contribution is 2.25. The van der Waals surface area contributed by atoms with Crippen molar-refractivity contribution in [3.05, 3.63) is 28.0 Å². The largest absolute Gasteiger partial charge is 0.388 e. The Morgan fingerprint density at radius 3 is 2.59 bits per heavy atom. The second kappa shape index (κ2) is 5.36. The Morgan fingerprint density at radius 2 is 2.06 bits per heavy atom. The zero-order valence-corrected chi connectivity index (χ0v) is 12.2. The van der Waals surface area contributed by atoms with Gasteiger partial charge in [-0.1, -0.05) is 13.8 Å². The predicted molar refractivity (Wildman–Crippen MR) is 72.8 cm³/mol. The number of rotatable bonds is 4. The quantitative estimate of drug-likeness (QED) is 0.888. The van der Waals surface area contributed by atoms with Crippen molar-refractivity contribution in [2.24, 2.45) is 5.92 Å². The molecule has 0 aliphatic heterocycles. The number of aryl methyl sites for hydroxylation is 1. The van der Waals surface area contributed by atoms with E-state index in [4.69, 9.17) is 0 Å². The molecule has 4 heteroatoms. The van der Waals surface area contributed by atoms with Crippen LogP contribution in [0.3, 0.4) is 0 Å². The highest BCUT2D eigenvalue weighted by Gasteiger charge is 2.24. The van der Waals surface area contributed by atoms with Gasteiger partial charge in [-0.2, -0.15) is 0 Å². The van der Waals surface area contributed by atoms with Gasteiger partial charge in [0.1, 0.15) is 5.82 Å². The summed E-state index contributed by atoms with van der Waals surface area (Å²) in [5.74, 6) is -0.169. The Bertz CT molecular complexity index is 405. The van der Waals surface area contributed by atoms with E-state index in [9.17, 15) is 9.50 Å². The van der Waals surface area contributed by atoms with Gasteiger partial charge in [0.25, 0.3) is 0 Å². The van der Waals surface area contributed by atoms with E-state index in [0.29, 0.717) is 16.7 Å². The molecular formula is C13H19BrFNO. The number of benzene rings is 1. The van der Waals surface area contributed by atoms with Crippen molar-refractivity contribution in [1.82, 2.24) is 0 Å². The van der Waals surface area contributed by atoms with Gasteiger partial charge < -0.3 is 10.4 Å². The zero-order valence-electron chi connectivity index (χ0n) is 10.6. The van der Waals surface area contributed by atoms with Gasteiger partial charge in [0, 0.05) is 12.2 Å². The highest BCUT2D eigenvalue weighted by atomic mass is 79.9. The fourth-order valence-electron chi connectivity index (χ4n) is 1.32. The van der Waals surface area contributed by atoms with Gasteiger partial charge in [-0.25, -0.2) is 4.39 Å². The molecule has 1 atom stereocenters. The van der Waals surface area contributed by atoms with Crippen molar-refractivity contribution in [3.8, 4) is 0 Å². The van der Waals surface area contributed by atoms with Gasteiger partial charge in [0.2, 0.25) is 0 Å². The van der Waals surface area contributed by atoms with Crippen LogP contribution in [0.2, 0.25) is 0 Å². The van der Waals surface area contributed by atoms with Crippen molar-refractivity contribution in [2.45, 2.75) is 33.3 Å². The van der Waals surface area contributed by atoms with Gasteiger partial charge in [0.15, 0.2) is 0 Å². The number of aliphatic hydroxyl groups is 1. The Labute approximate surface area is 110 Å². The van der Waals surface area contributed by atoms with Crippen LogP contribution in [0.1, 0.15) is 26.3 Å². The summed E-state index contributed by atoms with van der Waals surface area (Å²) in [6.45, 7) is 7.98. The first-order valence-electron chi connectivity index (χ1n) is 5.66. The average molecular weight is 304 g/mol. The molecule has 96 valence electrons. The van der Waals surface area contributed by atoms with Crippen LogP contribution in [-0.2, 0) is 0 Å². The van der Waals surface area contributed by atoms with Gasteiger partial charge in [-0.3, -0.25) is 0 Å². The highest BCUT2D eigenvalue weighted by molar-refractivity contribution is 9.10. The third-order valence-electron chi connectivity index (χ3n) is 3.15. The lowest BCUT2D eigenvalue weighted by molar-refractivity contribution is 0.0266. The summed E-state index contributed by atoms with van der Waals surface area (Å²) in [5, 5.41) is 13.2. The second-order valence-electron chi connectivity index (χ2n) is 4.95. The molecule has 2 N–H and O–H groups in total. The lowest BCUT2D eigenvalue weighted by Gasteiger charge is -2.28. The van der Waals surface area contributed by atoms with Crippen molar-refractivity contribution < 1.29 is 9.50 Å². The van der Waals surface area contributed by atoms with Gasteiger partial charge in [-0.15, -0.1) is 0 Å². The number of anilines is 1. The Morgan fingerprint density at radius 1 is 1.47 bits per heavy atom. The maximum absolute atomic E-state index is 13.4. The smallest absolute Gasteiger partial charge is 0.139 e. The van der Waals surface area contributed by atoms with Gasteiger partial charge >= 0.3 is 0 Å². The molecule has 0 aliphatic rings. The molecule has 1 rings (SSSR count). The van der Waals surface area contributed by atoms with E-state index in [0.717, 1.165) is 5.56 Å². The minimum absolute atomic E-state index is 0.135. The molecule has 0 amide bonds. The summed E-state index contributed by atoms with van der Waals surface area (Å²) in [5.41, 5.74) is 0.847. The van der Waals surface area contributed by atoms with E-state index in [1.54, 1.807) is 13.0 Å². The summed E-state index contributed by atoms with van der Waals surface area (Å²) < 4.78 is 13.8.